The van der Waals surface area contributed by atoms with E-state index in [9.17, 15) is 9.59 Å². The molecule has 6 nitrogen and oxygen atoms in total. The smallest absolute Gasteiger partial charge is 0.258 e. The molecule has 1 heterocycles. The molecule has 0 bridgehead atoms. The highest BCUT2D eigenvalue weighted by molar-refractivity contribution is 5.90. The Bertz CT molecular complexity index is 921. The fourth-order valence-electron chi connectivity index (χ4n) is 2.58. The maximum absolute atomic E-state index is 12.1. The van der Waals surface area contributed by atoms with Gasteiger partial charge >= 0.3 is 0 Å². The number of nitrogens with one attached hydrogen (secondary N) is 2. The van der Waals surface area contributed by atoms with E-state index in [0.717, 1.165) is 5.69 Å². The second kappa shape index (κ2) is 7.72. The highest BCUT2D eigenvalue weighted by Crippen LogP contribution is 2.08. The van der Waals surface area contributed by atoms with Crippen LogP contribution in [0, 0.1) is 0 Å². The standard InChI is InChI=1S/C19H20N4O2/c1-23(12-11-18(24)20-14-7-3-2-4-8-14)13-17-21-16-10-6-5-9-15(16)19(25)22-17/h2-10H,11-13H2,1H3,(H,20,24)(H,21,22,25). The molecule has 2 aromatic carbocycles. The lowest BCUT2D eigenvalue weighted by molar-refractivity contribution is -0.116. The van der Waals surface area contributed by atoms with E-state index in [1.807, 2.05) is 60.5 Å². The number of hydrogen-bond acceptors (Lipinski definition) is 4. The van der Waals surface area contributed by atoms with Gasteiger partial charge in [-0.3, -0.25) is 14.5 Å². The van der Waals surface area contributed by atoms with Gasteiger partial charge in [-0.2, -0.15) is 0 Å². The van der Waals surface area contributed by atoms with E-state index in [0.29, 0.717) is 36.2 Å². The van der Waals surface area contributed by atoms with Crippen LogP contribution in [0.3, 0.4) is 0 Å². The minimum Gasteiger partial charge on any atom is -0.326 e. The van der Waals surface area contributed by atoms with Gasteiger partial charge < -0.3 is 10.3 Å². The van der Waals surface area contributed by atoms with Gasteiger partial charge in [0, 0.05) is 18.7 Å². The second-order valence-corrected chi connectivity index (χ2v) is 5.93. The number of fused-ring (bicyclic) bond motifs is 1. The zero-order valence-corrected chi connectivity index (χ0v) is 14.0. The number of benzene rings is 2. The maximum Gasteiger partial charge on any atom is 0.258 e. The lowest BCUT2D eigenvalue weighted by Crippen LogP contribution is -2.26. The largest absolute Gasteiger partial charge is 0.326 e. The van der Waals surface area contributed by atoms with Crippen molar-refractivity contribution in [2.24, 2.45) is 0 Å². The van der Waals surface area contributed by atoms with Crippen molar-refractivity contribution in [3.05, 3.63) is 70.8 Å². The molecule has 0 radical (unpaired) electrons. The van der Waals surface area contributed by atoms with Gasteiger partial charge in [-0.05, 0) is 31.3 Å². The summed E-state index contributed by atoms with van der Waals surface area (Å²) in [6.45, 7) is 1.04. The first kappa shape index (κ1) is 16.9. The molecule has 6 heteroatoms. The molecule has 0 atom stereocenters. The highest BCUT2D eigenvalue weighted by atomic mass is 16.1. The molecular formula is C19H20N4O2. The predicted molar refractivity (Wildman–Crippen MR) is 98.4 cm³/mol. The van der Waals surface area contributed by atoms with Crippen LogP contribution < -0.4 is 10.9 Å². The molecule has 1 aromatic heterocycles. The first-order valence-electron chi connectivity index (χ1n) is 8.13. The van der Waals surface area contributed by atoms with Gasteiger partial charge in [-0.1, -0.05) is 30.3 Å². The van der Waals surface area contributed by atoms with E-state index in [1.165, 1.54) is 0 Å². The van der Waals surface area contributed by atoms with Crippen LogP contribution in [-0.4, -0.2) is 34.4 Å². The molecule has 0 aliphatic heterocycles. The van der Waals surface area contributed by atoms with Crippen molar-refractivity contribution in [1.29, 1.82) is 0 Å². The third-order valence-corrected chi connectivity index (χ3v) is 3.86. The molecule has 0 spiro atoms. The fraction of sp³-hybridized carbons (Fsp3) is 0.211. The summed E-state index contributed by atoms with van der Waals surface area (Å²) in [5.41, 5.74) is 1.32. The molecule has 3 rings (SSSR count). The van der Waals surface area contributed by atoms with Crippen LogP contribution in [0.1, 0.15) is 12.2 Å². The number of aromatic amines is 1. The van der Waals surface area contributed by atoms with E-state index in [-0.39, 0.29) is 11.5 Å². The van der Waals surface area contributed by atoms with Crippen LogP contribution in [0.4, 0.5) is 5.69 Å². The van der Waals surface area contributed by atoms with Crippen molar-refractivity contribution in [2.45, 2.75) is 13.0 Å². The lowest BCUT2D eigenvalue weighted by atomic mass is 10.2. The first-order chi connectivity index (χ1) is 12.1. The van der Waals surface area contributed by atoms with E-state index >= 15 is 0 Å². The molecule has 3 aromatic rings. The van der Waals surface area contributed by atoms with Crippen molar-refractivity contribution in [1.82, 2.24) is 14.9 Å². The van der Waals surface area contributed by atoms with Gasteiger partial charge in [0.25, 0.3) is 5.56 Å². The van der Waals surface area contributed by atoms with E-state index < -0.39 is 0 Å². The summed E-state index contributed by atoms with van der Waals surface area (Å²) < 4.78 is 0. The summed E-state index contributed by atoms with van der Waals surface area (Å²) in [6, 6.07) is 16.6. The number of H-pyrrole nitrogens is 1. The Hall–Kier alpha value is -2.99. The summed E-state index contributed by atoms with van der Waals surface area (Å²) in [7, 11) is 1.89. The number of rotatable bonds is 6. The summed E-state index contributed by atoms with van der Waals surface area (Å²) in [4.78, 5) is 33.3. The van der Waals surface area contributed by atoms with Crippen molar-refractivity contribution in [3.8, 4) is 0 Å². The summed E-state index contributed by atoms with van der Waals surface area (Å²) in [5.74, 6) is 0.549. The van der Waals surface area contributed by atoms with Gasteiger partial charge in [0.15, 0.2) is 0 Å². The number of hydrogen-bond donors (Lipinski definition) is 2. The zero-order chi connectivity index (χ0) is 17.6. The van der Waals surface area contributed by atoms with E-state index in [1.54, 1.807) is 6.07 Å². The van der Waals surface area contributed by atoms with Gasteiger partial charge in [0.1, 0.15) is 5.82 Å². The Morgan fingerprint density at radius 2 is 1.84 bits per heavy atom. The van der Waals surface area contributed by atoms with Gasteiger partial charge in [0.2, 0.25) is 5.91 Å². The monoisotopic (exact) mass is 336 g/mol. The molecule has 1 amide bonds. The third-order valence-electron chi connectivity index (χ3n) is 3.86. The first-order valence-corrected chi connectivity index (χ1v) is 8.13. The normalized spacial score (nSPS) is 11.0. The Balaban J connectivity index is 1.56. The molecule has 0 unspecified atom stereocenters. The molecule has 25 heavy (non-hydrogen) atoms. The van der Waals surface area contributed by atoms with Gasteiger partial charge in [-0.25, -0.2) is 4.98 Å². The van der Waals surface area contributed by atoms with Crippen molar-refractivity contribution >= 4 is 22.5 Å². The molecule has 0 aliphatic rings. The Morgan fingerprint density at radius 3 is 2.64 bits per heavy atom. The summed E-state index contributed by atoms with van der Waals surface area (Å²) in [6.07, 6.45) is 0.364. The van der Waals surface area contributed by atoms with Crippen molar-refractivity contribution in [2.75, 3.05) is 18.9 Å². The molecule has 0 fully saturated rings. The number of amides is 1. The van der Waals surface area contributed by atoms with Crippen LogP contribution in [0.15, 0.2) is 59.4 Å². The third kappa shape index (κ3) is 4.51. The number of carbonyl (C=O) groups excluding carboxylic acids is 1. The van der Waals surface area contributed by atoms with E-state index in [2.05, 4.69) is 15.3 Å². The van der Waals surface area contributed by atoms with Crippen molar-refractivity contribution in [3.63, 3.8) is 0 Å². The SMILES string of the molecule is CN(CCC(=O)Nc1ccccc1)Cc1nc2ccccc2c(=O)[nH]1. The zero-order valence-electron chi connectivity index (χ0n) is 14.0. The molecule has 0 saturated carbocycles. The van der Waals surface area contributed by atoms with Crippen LogP contribution in [0.25, 0.3) is 10.9 Å². The molecule has 2 N–H and O–H groups in total. The second-order valence-electron chi connectivity index (χ2n) is 5.93. The topological polar surface area (TPSA) is 78.1 Å². The Kier molecular flexibility index (Phi) is 5.20. The molecule has 0 saturated heterocycles. The average Bonchev–Trinajstić information content (AvgIpc) is 2.61. The fourth-order valence-corrected chi connectivity index (χ4v) is 2.58. The number of para-hydroxylation sites is 2. The summed E-state index contributed by atoms with van der Waals surface area (Å²) in [5, 5.41) is 3.44. The Labute approximate surface area is 145 Å². The lowest BCUT2D eigenvalue weighted by Gasteiger charge is -2.16. The average molecular weight is 336 g/mol. The summed E-state index contributed by atoms with van der Waals surface area (Å²) >= 11 is 0. The van der Waals surface area contributed by atoms with E-state index in [4.69, 9.17) is 0 Å². The van der Waals surface area contributed by atoms with Crippen LogP contribution >= 0.6 is 0 Å². The van der Waals surface area contributed by atoms with Crippen LogP contribution in [0.5, 0.6) is 0 Å². The van der Waals surface area contributed by atoms with Gasteiger partial charge in [-0.15, -0.1) is 0 Å². The minimum atomic E-state index is -0.143. The number of nitrogens with zero attached hydrogens (tertiary/aromatic N) is 2. The minimum absolute atomic E-state index is 0.0435. The molecule has 128 valence electrons. The Morgan fingerprint density at radius 1 is 1.12 bits per heavy atom. The quantitative estimate of drug-likeness (QED) is 0.724. The number of aromatic nitrogens is 2. The number of anilines is 1. The van der Waals surface area contributed by atoms with Gasteiger partial charge in [0.05, 0.1) is 17.4 Å². The van der Waals surface area contributed by atoms with Crippen LogP contribution in [0.2, 0.25) is 0 Å². The van der Waals surface area contributed by atoms with Crippen LogP contribution in [-0.2, 0) is 11.3 Å². The van der Waals surface area contributed by atoms with Crippen molar-refractivity contribution < 1.29 is 4.79 Å². The number of carbonyl (C=O) groups is 1. The molecular weight excluding hydrogens is 316 g/mol. The maximum atomic E-state index is 12.1. The highest BCUT2D eigenvalue weighted by Gasteiger charge is 2.08. The predicted octanol–water partition coefficient (Wildman–Crippen LogP) is 2.38. The molecule has 0 aliphatic carbocycles.